The number of imidazole rings is 1. The number of hydrogen-bond acceptors (Lipinski definition) is 4. The maximum Gasteiger partial charge on any atom is 0.302 e. The van der Waals surface area contributed by atoms with E-state index >= 15 is 0 Å². The number of Topliss-reactive ketones (excluding diaryl/α,β-unsaturated/α-hetero) is 1. The van der Waals surface area contributed by atoms with E-state index < -0.39 is 23.5 Å². The molecule has 5 rings (SSSR count). The van der Waals surface area contributed by atoms with Crippen molar-refractivity contribution in [2.24, 2.45) is 0 Å². The molecule has 1 aromatic heterocycles. The summed E-state index contributed by atoms with van der Waals surface area (Å²) in [6.07, 6.45) is 0. The van der Waals surface area contributed by atoms with Crippen LogP contribution < -0.4 is 4.90 Å². The standard InChI is InChI=1S/C24H15ClFN3O3/c25-15-8-6-14(7-9-15)21(30)19-20(13-4-2-1-3-5-13)29(23(32)22(19)31)24-27-17-11-10-16(26)12-18(17)28-24/h1-12,20,30H,(H,27,28)/b21-19+. The third-order valence-electron chi connectivity index (χ3n) is 5.34. The molecule has 32 heavy (non-hydrogen) atoms. The molecule has 4 aromatic rings. The number of carbonyl (C=O) groups excluding carboxylic acids is 2. The number of amides is 1. The molecule has 158 valence electrons. The van der Waals surface area contributed by atoms with Crippen molar-refractivity contribution in [1.82, 2.24) is 9.97 Å². The van der Waals surface area contributed by atoms with Gasteiger partial charge in [-0.05, 0) is 48.0 Å². The number of nitrogens with zero attached hydrogens (tertiary/aromatic N) is 2. The number of aliphatic hydroxyl groups excluding tert-OH is 1. The highest BCUT2D eigenvalue weighted by molar-refractivity contribution is 6.51. The molecule has 0 saturated carbocycles. The number of ketones is 1. The number of halogens is 2. The Bertz CT molecular complexity index is 1400. The first-order valence-corrected chi connectivity index (χ1v) is 10.1. The van der Waals surface area contributed by atoms with Gasteiger partial charge in [-0.2, -0.15) is 0 Å². The number of aromatic nitrogens is 2. The second-order valence-corrected chi connectivity index (χ2v) is 7.74. The van der Waals surface area contributed by atoms with E-state index in [0.717, 1.165) is 0 Å². The second-order valence-electron chi connectivity index (χ2n) is 7.31. The van der Waals surface area contributed by atoms with Gasteiger partial charge in [-0.15, -0.1) is 0 Å². The predicted molar refractivity (Wildman–Crippen MR) is 119 cm³/mol. The Morgan fingerprint density at radius 1 is 1.03 bits per heavy atom. The first kappa shape index (κ1) is 20.0. The lowest BCUT2D eigenvalue weighted by molar-refractivity contribution is -0.132. The lowest BCUT2D eigenvalue weighted by atomic mass is 9.95. The van der Waals surface area contributed by atoms with Gasteiger partial charge >= 0.3 is 5.91 Å². The number of hydrogen-bond donors (Lipinski definition) is 2. The Labute approximate surface area is 186 Å². The number of carbonyl (C=O) groups is 2. The van der Waals surface area contributed by atoms with E-state index in [9.17, 15) is 19.1 Å². The Balaban J connectivity index is 1.72. The Morgan fingerprint density at radius 3 is 2.47 bits per heavy atom. The first-order chi connectivity index (χ1) is 15.4. The van der Waals surface area contributed by atoms with Gasteiger partial charge in [-0.25, -0.2) is 9.37 Å². The lowest BCUT2D eigenvalue weighted by Crippen LogP contribution is -2.30. The highest BCUT2D eigenvalue weighted by Gasteiger charge is 2.48. The minimum Gasteiger partial charge on any atom is -0.507 e. The van der Waals surface area contributed by atoms with Gasteiger partial charge < -0.3 is 10.1 Å². The first-order valence-electron chi connectivity index (χ1n) is 9.71. The lowest BCUT2D eigenvalue weighted by Gasteiger charge is -2.23. The summed E-state index contributed by atoms with van der Waals surface area (Å²) in [5.74, 6) is -2.40. The zero-order valence-corrected chi connectivity index (χ0v) is 17.2. The van der Waals surface area contributed by atoms with Crippen molar-refractivity contribution in [3.05, 3.63) is 100 Å². The molecule has 1 amide bonds. The third-order valence-corrected chi connectivity index (χ3v) is 5.59. The van der Waals surface area contributed by atoms with E-state index in [4.69, 9.17) is 11.6 Å². The molecule has 1 atom stereocenters. The number of fused-ring (bicyclic) bond motifs is 1. The van der Waals surface area contributed by atoms with Crippen LogP contribution in [0, 0.1) is 5.82 Å². The predicted octanol–water partition coefficient (Wildman–Crippen LogP) is 4.98. The van der Waals surface area contributed by atoms with Gasteiger partial charge in [0.05, 0.1) is 22.6 Å². The SMILES string of the molecule is O=C1C(=O)N(c2nc3ccc(F)cc3[nH]2)C(c2ccccc2)/C1=C(\O)c1ccc(Cl)cc1. The summed E-state index contributed by atoms with van der Waals surface area (Å²) in [7, 11) is 0. The molecule has 1 aliphatic rings. The van der Waals surface area contributed by atoms with Crippen molar-refractivity contribution in [1.29, 1.82) is 0 Å². The minimum atomic E-state index is -0.933. The molecular formula is C24H15ClFN3O3. The van der Waals surface area contributed by atoms with Crippen LogP contribution in [0.5, 0.6) is 0 Å². The van der Waals surface area contributed by atoms with Gasteiger partial charge in [0.15, 0.2) is 0 Å². The smallest absolute Gasteiger partial charge is 0.302 e. The topological polar surface area (TPSA) is 86.3 Å². The molecule has 6 nitrogen and oxygen atoms in total. The van der Waals surface area contributed by atoms with E-state index in [1.54, 1.807) is 54.6 Å². The fourth-order valence-electron chi connectivity index (χ4n) is 3.85. The largest absolute Gasteiger partial charge is 0.507 e. The second kappa shape index (κ2) is 7.62. The average Bonchev–Trinajstić information content (AvgIpc) is 3.32. The Kier molecular flexibility index (Phi) is 4.75. The summed E-state index contributed by atoms with van der Waals surface area (Å²) in [5, 5.41) is 11.5. The van der Waals surface area contributed by atoms with Crippen molar-refractivity contribution in [2.45, 2.75) is 6.04 Å². The quantitative estimate of drug-likeness (QED) is 0.263. The van der Waals surface area contributed by atoms with Gasteiger partial charge in [0.25, 0.3) is 5.78 Å². The van der Waals surface area contributed by atoms with Crippen molar-refractivity contribution < 1.29 is 19.1 Å². The average molecular weight is 448 g/mol. The molecule has 3 aromatic carbocycles. The maximum atomic E-state index is 13.7. The summed E-state index contributed by atoms with van der Waals surface area (Å²) in [6, 6.07) is 18.2. The summed E-state index contributed by atoms with van der Waals surface area (Å²) >= 11 is 5.94. The molecule has 0 radical (unpaired) electrons. The van der Waals surface area contributed by atoms with Crippen molar-refractivity contribution in [3.63, 3.8) is 0 Å². The molecule has 0 bridgehead atoms. The number of aromatic amines is 1. The van der Waals surface area contributed by atoms with Crippen LogP contribution in [0.15, 0.2) is 78.4 Å². The molecule has 2 heterocycles. The molecule has 1 fully saturated rings. The van der Waals surface area contributed by atoms with Crippen LogP contribution in [0.3, 0.4) is 0 Å². The summed E-state index contributed by atoms with van der Waals surface area (Å²) in [6.45, 7) is 0. The van der Waals surface area contributed by atoms with Crippen LogP contribution in [-0.2, 0) is 9.59 Å². The number of rotatable bonds is 3. The number of H-pyrrole nitrogens is 1. The molecule has 1 aliphatic heterocycles. The fourth-order valence-corrected chi connectivity index (χ4v) is 3.97. The van der Waals surface area contributed by atoms with Crippen LogP contribution in [0.4, 0.5) is 10.3 Å². The van der Waals surface area contributed by atoms with Gasteiger partial charge in [0.1, 0.15) is 11.6 Å². The normalized spacial score (nSPS) is 17.9. The van der Waals surface area contributed by atoms with Crippen molar-refractivity contribution in [2.75, 3.05) is 4.90 Å². The van der Waals surface area contributed by atoms with E-state index in [2.05, 4.69) is 9.97 Å². The molecule has 2 N–H and O–H groups in total. The molecular weight excluding hydrogens is 433 g/mol. The Hall–Kier alpha value is -3.97. The van der Waals surface area contributed by atoms with Crippen LogP contribution in [-0.4, -0.2) is 26.8 Å². The summed E-state index contributed by atoms with van der Waals surface area (Å²) < 4.78 is 13.7. The minimum absolute atomic E-state index is 0.0739. The molecule has 0 spiro atoms. The van der Waals surface area contributed by atoms with Crippen LogP contribution in [0.1, 0.15) is 17.2 Å². The summed E-state index contributed by atoms with van der Waals surface area (Å²) in [5.41, 5.74) is 1.70. The number of benzene rings is 3. The Morgan fingerprint density at radius 2 is 1.75 bits per heavy atom. The molecule has 0 aliphatic carbocycles. The van der Waals surface area contributed by atoms with Crippen LogP contribution in [0.25, 0.3) is 16.8 Å². The maximum absolute atomic E-state index is 13.7. The summed E-state index contributed by atoms with van der Waals surface area (Å²) in [4.78, 5) is 34.7. The number of anilines is 1. The van der Waals surface area contributed by atoms with Crippen molar-refractivity contribution in [3.8, 4) is 0 Å². The van der Waals surface area contributed by atoms with Gasteiger partial charge in [-0.3, -0.25) is 14.5 Å². The highest BCUT2D eigenvalue weighted by atomic mass is 35.5. The van der Waals surface area contributed by atoms with E-state index in [-0.39, 0.29) is 17.3 Å². The highest BCUT2D eigenvalue weighted by Crippen LogP contribution is 2.41. The van der Waals surface area contributed by atoms with E-state index in [1.165, 1.54) is 23.1 Å². The monoisotopic (exact) mass is 447 g/mol. The van der Waals surface area contributed by atoms with Gasteiger partial charge in [0.2, 0.25) is 5.95 Å². The zero-order valence-electron chi connectivity index (χ0n) is 16.4. The molecule has 1 saturated heterocycles. The number of aliphatic hydroxyl groups is 1. The zero-order chi connectivity index (χ0) is 22.4. The number of nitrogens with one attached hydrogen (secondary N) is 1. The van der Waals surface area contributed by atoms with Crippen molar-refractivity contribution >= 4 is 46.0 Å². The van der Waals surface area contributed by atoms with Crippen LogP contribution >= 0.6 is 11.6 Å². The fraction of sp³-hybridized carbons (Fsp3) is 0.0417. The molecule has 1 unspecified atom stereocenters. The molecule has 8 heteroatoms. The van der Waals surface area contributed by atoms with E-state index in [1.807, 2.05) is 0 Å². The van der Waals surface area contributed by atoms with E-state index in [0.29, 0.717) is 27.2 Å². The third kappa shape index (κ3) is 3.23. The van der Waals surface area contributed by atoms with Gasteiger partial charge in [0, 0.05) is 10.6 Å². The van der Waals surface area contributed by atoms with Gasteiger partial charge in [-0.1, -0.05) is 41.9 Å². The van der Waals surface area contributed by atoms with Crippen LogP contribution in [0.2, 0.25) is 5.02 Å².